The summed E-state index contributed by atoms with van der Waals surface area (Å²) in [6, 6.07) is -0.158. The number of carboxylic acids is 1. The van der Waals surface area contributed by atoms with Crippen molar-refractivity contribution >= 4 is 12.0 Å². The predicted molar refractivity (Wildman–Crippen MR) is 69.4 cm³/mol. The van der Waals surface area contributed by atoms with E-state index in [2.05, 4.69) is 10.6 Å². The van der Waals surface area contributed by atoms with Crippen molar-refractivity contribution in [2.24, 2.45) is 5.92 Å². The van der Waals surface area contributed by atoms with E-state index in [9.17, 15) is 9.59 Å². The standard InChI is InChI=1S/C13H24N2O3/c1-9(5-4-6-11(16)17)14-12(18)15-13(2,3)10-7-8-10/h9-10H,4-8H2,1-3H3,(H,16,17)(H2,14,15,18). The largest absolute Gasteiger partial charge is 0.481 e. The zero-order chi connectivity index (χ0) is 13.8. The molecule has 2 amide bonds. The van der Waals surface area contributed by atoms with E-state index in [4.69, 9.17) is 5.11 Å². The van der Waals surface area contributed by atoms with E-state index in [0.29, 0.717) is 18.8 Å². The fourth-order valence-electron chi connectivity index (χ4n) is 2.09. The van der Waals surface area contributed by atoms with Gasteiger partial charge in [0, 0.05) is 18.0 Å². The molecule has 1 fully saturated rings. The molecule has 0 radical (unpaired) electrons. The monoisotopic (exact) mass is 256 g/mol. The van der Waals surface area contributed by atoms with Crippen LogP contribution in [0.15, 0.2) is 0 Å². The molecular formula is C13H24N2O3. The molecule has 0 bridgehead atoms. The van der Waals surface area contributed by atoms with Gasteiger partial charge in [0.05, 0.1) is 0 Å². The van der Waals surface area contributed by atoms with Crippen LogP contribution in [0.2, 0.25) is 0 Å². The van der Waals surface area contributed by atoms with Gasteiger partial charge < -0.3 is 15.7 Å². The summed E-state index contributed by atoms with van der Waals surface area (Å²) in [4.78, 5) is 22.1. The third-order valence-electron chi connectivity index (χ3n) is 3.44. The lowest BCUT2D eigenvalue weighted by Gasteiger charge is -2.27. The third-order valence-corrected chi connectivity index (χ3v) is 3.44. The number of carboxylic acid groups (broad SMARTS) is 1. The Bertz CT molecular complexity index is 311. The maximum atomic E-state index is 11.8. The van der Waals surface area contributed by atoms with Crippen molar-refractivity contribution in [1.29, 1.82) is 0 Å². The molecule has 0 saturated heterocycles. The van der Waals surface area contributed by atoms with Gasteiger partial charge in [0.1, 0.15) is 0 Å². The molecule has 1 unspecified atom stereocenters. The second-order valence-corrected chi connectivity index (χ2v) is 5.78. The summed E-state index contributed by atoms with van der Waals surface area (Å²) in [6.45, 7) is 5.98. The molecule has 0 aromatic carbocycles. The number of carbonyl (C=O) groups is 2. The van der Waals surface area contributed by atoms with Crippen molar-refractivity contribution in [2.75, 3.05) is 0 Å². The van der Waals surface area contributed by atoms with Gasteiger partial charge in [-0.25, -0.2) is 4.79 Å². The van der Waals surface area contributed by atoms with Crippen LogP contribution in [-0.2, 0) is 4.79 Å². The Morgan fingerprint density at radius 1 is 1.39 bits per heavy atom. The first-order valence-corrected chi connectivity index (χ1v) is 6.61. The van der Waals surface area contributed by atoms with E-state index >= 15 is 0 Å². The molecule has 1 aliphatic carbocycles. The second kappa shape index (κ2) is 6.07. The van der Waals surface area contributed by atoms with Crippen LogP contribution in [0.4, 0.5) is 4.79 Å². The molecule has 0 aromatic heterocycles. The number of urea groups is 1. The first-order chi connectivity index (χ1) is 8.31. The molecule has 104 valence electrons. The Hall–Kier alpha value is -1.26. The molecule has 0 aromatic rings. The zero-order valence-corrected chi connectivity index (χ0v) is 11.5. The normalized spacial score (nSPS) is 17.1. The highest BCUT2D eigenvalue weighted by atomic mass is 16.4. The quantitative estimate of drug-likeness (QED) is 0.653. The summed E-state index contributed by atoms with van der Waals surface area (Å²) in [5.74, 6) is -0.202. The van der Waals surface area contributed by atoms with Crippen LogP contribution in [0.5, 0.6) is 0 Å². The van der Waals surface area contributed by atoms with Gasteiger partial charge in [-0.3, -0.25) is 4.79 Å². The number of rotatable bonds is 7. The molecule has 1 rings (SSSR count). The summed E-state index contributed by atoms with van der Waals surface area (Å²) in [7, 11) is 0. The Kier molecular flexibility index (Phi) is 4.99. The van der Waals surface area contributed by atoms with Crippen LogP contribution in [0, 0.1) is 5.92 Å². The lowest BCUT2D eigenvalue weighted by molar-refractivity contribution is -0.137. The minimum atomic E-state index is -0.790. The van der Waals surface area contributed by atoms with Crippen LogP contribution >= 0.6 is 0 Å². The smallest absolute Gasteiger partial charge is 0.315 e. The fourth-order valence-corrected chi connectivity index (χ4v) is 2.09. The van der Waals surface area contributed by atoms with Crippen LogP contribution in [0.25, 0.3) is 0 Å². The Balaban J connectivity index is 2.20. The highest BCUT2D eigenvalue weighted by molar-refractivity contribution is 5.75. The lowest BCUT2D eigenvalue weighted by Crippen LogP contribution is -2.51. The number of amides is 2. The molecule has 3 N–H and O–H groups in total. The highest BCUT2D eigenvalue weighted by Gasteiger charge is 2.38. The number of carbonyl (C=O) groups excluding carboxylic acids is 1. The minimum Gasteiger partial charge on any atom is -0.481 e. The van der Waals surface area contributed by atoms with E-state index in [1.807, 2.05) is 20.8 Å². The summed E-state index contributed by atoms with van der Waals surface area (Å²) in [5, 5.41) is 14.4. The van der Waals surface area contributed by atoms with Gasteiger partial charge in [-0.2, -0.15) is 0 Å². The zero-order valence-electron chi connectivity index (χ0n) is 11.5. The van der Waals surface area contributed by atoms with Gasteiger partial charge in [-0.15, -0.1) is 0 Å². The Morgan fingerprint density at radius 3 is 2.50 bits per heavy atom. The predicted octanol–water partition coefficient (Wildman–Crippen LogP) is 2.12. The Labute approximate surface area is 108 Å². The average molecular weight is 256 g/mol. The van der Waals surface area contributed by atoms with E-state index in [-0.39, 0.29) is 24.0 Å². The van der Waals surface area contributed by atoms with Crippen molar-refractivity contribution < 1.29 is 14.7 Å². The van der Waals surface area contributed by atoms with Crippen molar-refractivity contribution in [2.45, 2.75) is 64.5 Å². The molecule has 0 heterocycles. The summed E-state index contributed by atoms with van der Waals surface area (Å²) in [6.07, 6.45) is 3.79. The van der Waals surface area contributed by atoms with Crippen molar-refractivity contribution in [3.63, 3.8) is 0 Å². The number of aliphatic carboxylic acids is 1. The summed E-state index contributed by atoms with van der Waals surface area (Å²) in [5.41, 5.74) is -0.148. The molecule has 1 atom stereocenters. The molecule has 1 aliphatic rings. The van der Waals surface area contributed by atoms with Crippen LogP contribution in [0.1, 0.15) is 52.9 Å². The van der Waals surface area contributed by atoms with Crippen LogP contribution in [0.3, 0.4) is 0 Å². The molecular weight excluding hydrogens is 232 g/mol. The minimum absolute atomic E-state index is 0.000599. The molecule has 0 spiro atoms. The van der Waals surface area contributed by atoms with E-state index in [0.717, 1.165) is 0 Å². The van der Waals surface area contributed by atoms with Gasteiger partial charge >= 0.3 is 12.0 Å². The maximum absolute atomic E-state index is 11.8. The topological polar surface area (TPSA) is 78.4 Å². The number of nitrogens with one attached hydrogen (secondary N) is 2. The molecule has 5 heteroatoms. The van der Waals surface area contributed by atoms with Crippen LogP contribution in [-0.4, -0.2) is 28.7 Å². The first kappa shape index (κ1) is 14.8. The highest BCUT2D eigenvalue weighted by Crippen LogP contribution is 2.39. The molecule has 1 saturated carbocycles. The van der Waals surface area contributed by atoms with Crippen LogP contribution < -0.4 is 10.6 Å². The summed E-state index contributed by atoms with van der Waals surface area (Å²) >= 11 is 0. The Morgan fingerprint density at radius 2 is 2.00 bits per heavy atom. The first-order valence-electron chi connectivity index (χ1n) is 6.61. The van der Waals surface area contributed by atoms with Gasteiger partial charge in [0.15, 0.2) is 0 Å². The van der Waals surface area contributed by atoms with E-state index < -0.39 is 5.97 Å². The van der Waals surface area contributed by atoms with Gasteiger partial charge in [-0.1, -0.05) is 0 Å². The van der Waals surface area contributed by atoms with Gasteiger partial charge in [0.2, 0.25) is 0 Å². The van der Waals surface area contributed by atoms with E-state index in [1.54, 1.807) is 0 Å². The molecule has 18 heavy (non-hydrogen) atoms. The van der Waals surface area contributed by atoms with Gasteiger partial charge in [0.25, 0.3) is 0 Å². The number of hydrogen-bond acceptors (Lipinski definition) is 2. The van der Waals surface area contributed by atoms with Crippen molar-refractivity contribution in [1.82, 2.24) is 10.6 Å². The number of hydrogen-bond donors (Lipinski definition) is 3. The molecule has 0 aliphatic heterocycles. The average Bonchev–Trinajstić information content (AvgIpc) is 2.97. The lowest BCUT2D eigenvalue weighted by atomic mass is 9.99. The SMILES string of the molecule is CC(CCCC(=O)O)NC(=O)NC(C)(C)C1CC1. The van der Waals surface area contributed by atoms with Crippen molar-refractivity contribution in [3.05, 3.63) is 0 Å². The van der Waals surface area contributed by atoms with Gasteiger partial charge in [-0.05, 0) is 52.4 Å². The fraction of sp³-hybridized carbons (Fsp3) is 0.846. The maximum Gasteiger partial charge on any atom is 0.315 e. The van der Waals surface area contributed by atoms with E-state index in [1.165, 1.54) is 12.8 Å². The third kappa shape index (κ3) is 5.38. The van der Waals surface area contributed by atoms with Crippen molar-refractivity contribution in [3.8, 4) is 0 Å². The summed E-state index contributed by atoms with van der Waals surface area (Å²) < 4.78 is 0. The second-order valence-electron chi connectivity index (χ2n) is 5.78. The molecule has 5 nitrogen and oxygen atoms in total.